The number of nitrogens with one attached hydrogen (secondary N) is 1. The molecule has 1 aliphatic carbocycles. The summed E-state index contributed by atoms with van der Waals surface area (Å²) in [5.74, 6) is 0. The molecule has 18 heavy (non-hydrogen) atoms. The van der Waals surface area contributed by atoms with E-state index in [0.29, 0.717) is 0 Å². The fourth-order valence-corrected chi connectivity index (χ4v) is 1.92. The van der Waals surface area contributed by atoms with Crippen molar-refractivity contribution in [1.82, 2.24) is 14.9 Å². The molecule has 0 bridgehead atoms. The molecule has 0 aromatic carbocycles. The van der Waals surface area contributed by atoms with E-state index in [1.165, 1.54) is 12.8 Å². The zero-order chi connectivity index (χ0) is 13.0. The van der Waals surface area contributed by atoms with Gasteiger partial charge in [0.2, 0.25) is 0 Å². The number of aromatic nitrogens is 2. The number of nitriles is 1. The Labute approximate surface area is 109 Å². The van der Waals surface area contributed by atoms with E-state index >= 15 is 0 Å². The molecule has 0 aliphatic heterocycles. The highest BCUT2D eigenvalue weighted by atomic mass is 15.1. The average molecular weight is 246 g/mol. The number of nitrogens with zero attached hydrogens (tertiary/aromatic N) is 3. The van der Waals surface area contributed by atoms with Gasteiger partial charge in [-0.3, -0.25) is 0 Å². The first-order valence-electron chi connectivity index (χ1n) is 6.74. The van der Waals surface area contributed by atoms with E-state index in [9.17, 15) is 0 Å². The minimum absolute atomic E-state index is 0.211. The molecule has 1 heterocycles. The molecule has 4 nitrogen and oxygen atoms in total. The van der Waals surface area contributed by atoms with Crippen LogP contribution in [0.2, 0.25) is 0 Å². The van der Waals surface area contributed by atoms with Crippen LogP contribution in [0.4, 0.5) is 0 Å². The molecule has 1 saturated carbocycles. The number of hydrogen-bond acceptors (Lipinski definition) is 3. The van der Waals surface area contributed by atoms with E-state index in [4.69, 9.17) is 5.26 Å². The largest absolute Gasteiger partial charge is 0.337 e. The maximum absolute atomic E-state index is 8.95. The van der Waals surface area contributed by atoms with Gasteiger partial charge in [-0.25, -0.2) is 4.98 Å². The van der Waals surface area contributed by atoms with Crippen molar-refractivity contribution in [3.8, 4) is 6.07 Å². The predicted octanol–water partition coefficient (Wildman–Crippen LogP) is 2.47. The van der Waals surface area contributed by atoms with Gasteiger partial charge in [0, 0.05) is 25.3 Å². The first-order valence-corrected chi connectivity index (χ1v) is 6.74. The highest BCUT2D eigenvalue weighted by Gasteiger charge is 2.20. The van der Waals surface area contributed by atoms with Crippen LogP contribution in [0.5, 0.6) is 0 Å². The molecular formula is C14H22N4. The Hall–Kier alpha value is -1.34. The van der Waals surface area contributed by atoms with E-state index < -0.39 is 0 Å². The van der Waals surface area contributed by atoms with Crippen LogP contribution in [0.15, 0.2) is 12.5 Å². The normalized spacial score (nSPS) is 15.6. The topological polar surface area (TPSA) is 53.6 Å². The van der Waals surface area contributed by atoms with E-state index in [-0.39, 0.29) is 5.41 Å². The average Bonchev–Trinajstić information content (AvgIpc) is 3.07. The Bertz CT molecular complexity index is 423. The molecule has 0 amide bonds. The second-order valence-corrected chi connectivity index (χ2v) is 5.86. The van der Waals surface area contributed by atoms with Crippen molar-refractivity contribution in [2.75, 3.05) is 0 Å². The summed E-state index contributed by atoms with van der Waals surface area (Å²) in [6.45, 7) is 5.81. The Morgan fingerprint density at radius 1 is 1.56 bits per heavy atom. The fraction of sp³-hybridized carbons (Fsp3) is 0.714. The maximum Gasteiger partial charge on any atom is 0.0949 e. The van der Waals surface area contributed by atoms with E-state index in [0.717, 1.165) is 37.7 Å². The molecule has 1 aliphatic rings. The molecule has 1 aromatic rings. The van der Waals surface area contributed by atoms with Crippen LogP contribution in [0.25, 0.3) is 0 Å². The smallest absolute Gasteiger partial charge is 0.0949 e. The van der Waals surface area contributed by atoms with Gasteiger partial charge in [-0.05, 0) is 39.5 Å². The van der Waals surface area contributed by atoms with Gasteiger partial charge in [-0.1, -0.05) is 0 Å². The van der Waals surface area contributed by atoms with Crippen LogP contribution in [-0.2, 0) is 13.1 Å². The number of imidazole rings is 1. The lowest BCUT2D eigenvalue weighted by atomic mass is 9.90. The van der Waals surface area contributed by atoms with Gasteiger partial charge in [0.25, 0.3) is 0 Å². The van der Waals surface area contributed by atoms with Crippen LogP contribution in [0.1, 0.15) is 45.2 Å². The quantitative estimate of drug-likeness (QED) is 0.804. The van der Waals surface area contributed by atoms with Crippen LogP contribution in [0, 0.1) is 16.7 Å². The van der Waals surface area contributed by atoms with Crippen molar-refractivity contribution in [3.63, 3.8) is 0 Å². The van der Waals surface area contributed by atoms with Crippen LogP contribution in [0.3, 0.4) is 0 Å². The van der Waals surface area contributed by atoms with Crippen molar-refractivity contribution in [2.45, 2.75) is 58.7 Å². The maximum atomic E-state index is 8.95. The monoisotopic (exact) mass is 246 g/mol. The predicted molar refractivity (Wildman–Crippen MR) is 70.7 cm³/mol. The van der Waals surface area contributed by atoms with Crippen molar-refractivity contribution in [1.29, 1.82) is 5.26 Å². The van der Waals surface area contributed by atoms with Crippen LogP contribution in [-0.4, -0.2) is 15.6 Å². The summed E-state index contributed by atoms with van der Waals surface area (Å²) in [4.78, 5) is 4.39. The van der Waals surface area contributed by atoms with E-state index in [1.807, 2.05) is 20.2 Å². The van der Waals surface area contributed by atoms with E-state index in [2.05, 4.69) is 27.1 Å². The molecule has 0 spiro atoms. The third kappa shape index (κ3) is 4.15. The Kier molecular flexibility index (Phi) is 4.03. The van der Waals surface area contributed by atoms with Gasteiger partial charge in [-0.2, -0.15) is 5.26 Å². The zero-order valence-corrected chi connectivity index (χ0v) is 11.3. The molecule has 4 heteroatoms. The van der Waals surface area contributed by atoms with Crippen LogP contribution >= 0.6 is 0 Å². The zero-order valence-electron chi connectivity index (χ0n) is 11.3. The van der Waals surface area contributed by atoms with Gasteiger partial charge >= 0.3 is 0 Å². The first-order chi connectivity index (χ1) is 8.59. The molecule has 0 saturated heterocycles. The third-order valence-corrected chi connectivity index (χ3v) is 3.36. The first kappa shape index (κ1) is 13.1. The van der Waals surface area contributed by atoms with Crippen molar-refractivity contribution in [2.24, 2.45) is 5.41 Å². The van der Waals surface area contributed by atoms with Crippen molar-refractivity contribution < 1.29 is 0 Å². The molecule has 1 fully saturated rings. The highest BCUT2D eigenvalue weighted by Crippen LogP contribution is 2.21. The molecule has 0 unspecified atom stereocenters. The number of hydrogen-bond donors (Lipinski definition) is 1. The number of rotatable bonds is 7. The molecule has 2 rings (SSSR count). The minimum Gasteiger partial charge on any atom is -0.337 e. The lowest BCUT2D eigenvalue weighted by Crippen LogP contribution is -2.15. The number of aryl methyl sites for hydroxylation is 1. The van der Waals surface area contributed by atoms with E-state index in [1.54, 1.807) is 0 Å². The fourth-order valence-electron chi connectivity index (χ4n) is 1.92. The lowest BCUT2D eigenvalue weighted by Gasteiger charge is -2.14. The van der Waals surface area contributed by atoms with Gasteiger partial charge in [0.15, 0.2) is 0 Å². The Balaban J connectivity index is 1.71. The summed E-state index contributed by atoms with van der Waals surface area (Å²) < 4.78 is 2.12. The SMILES string of the molecule is CC(C)(C#N)CCCn1cnc(CNC2CC2)c1. The van der Waals surface area contributed by atoms with Gasteiger partial charge in [-0.15, -0.1) is 0 Å². The second kappa shape index (κ2) is 5.53. The summed E-state index contributed by atoms with van der Waals surface area (Å²) >= 11 is 0. The highest BCUT2D eigenvalue weighted by molar-refractivity contribution is 4.98. The molecule has 0 atom stereocenters. The summed E-state index contributed by atoms with van der Waals surface area (Å²) in [6, 6.07) is 3.07. The van der Waals surface area contributed by atoms with Gasteiger partial charge in [0.05, 0.1) is 23.5 Å². The minimum atomic E-state index is -0.211. The molecular weight excluding hydrogens is 224 g/mol. The summed E-state index contributed by atoms with van der Waals surface area (Å²) in [5.41, 5.74) is 0.901. The molecule has 1 N–H and O–H groups in total. The van der Waals surface area contributed by atoms with Gasteiger partial charge < -0.3 is 9.88 Å². The second-order valence-electron chi connectivity index (χ2n) is 5.86. The van der Waals surface area contributed by atoms with Crippen molar-refractivity contribution in [3.05, 3.63) is 18.2 Å². The Morgan fingerprint density at radius 2 is 2.33 bits per heavy atom. The third-order valence-electron chi connectivity index (χ3n) is 3.36. The Morgan fingerprint density at radius 3 is 3.00 bits per heavy atom. The lowest BCUT2D eigenvalue weighted by molar-refractivity contribution is 0.415. The van der Waals surface area contributed by atoms with Crippen LogP contribution < -0.4 is 5.32 Å². The summed E-state index contributed by atoms with van der Waals surface area (Å²) in [5, 5.41) is 12.4. The summed E-state index contributed by atoms with van der Waals surface area (Å²) in [7, 11) is 0. The molecule has 1 aromatic heterocycles. The molecule has 0 radical (unpaired) electrons. The molecule has 98 valence electrons. The summed E-state index contributed by atoms with van der Waals surface area (Å²) in [6.07, 6.45) is 8.57. The van der Waals surface area contributed by atoms with Gasteiger partial charge in [0.1, 0.15) is 0 Å². The standard InChI is InChI=1S/C14H22N4/c1-14(2,10-15)6-3-7-18-9-13(17-11-18)8-16-12-4-5-12/h9,11-12,16H,3-8H2,1-2H3. The van der Waals surface area contributed by atoms with Crippen molar-refractivity contribution >= 4 is 0 Å².